The molecule has 1 heterocycles. The predicted octanol–water partition coefficient (Wildman–Crippen LogP) is 2.63. The number of nitrogens with zero attached hydrogens (tertiary/aromatic N) is 3. The minimum Gasteiger partial charge on any atom is -0.484 e. The van der Waals surface area contributed by atoms with Gasteiger partial charge < -0.3 is 9.64 Å². The monoisotopic (exact) mass is 369 g/mol. The summed E-state index contributed by atoms with van der Waals surface area (Å²) in [5, 5.41) is 10.9. The molecule has 3 rings (SSSR count). The smallest absolute Gasteiger partial charge is 0.269 e. The number of benzene rings is 2. The third-order valence-corrected chi connectivity index (χ3v) is 4.64. The Morgan fingerprint density at radius 3 is 2.48 bits per heavy atom. The van der Waals surface area contributed by atoms with Gasteiger partial charge in [-0.25, -0.2) is 0 Å². The number of nitro groups is 1. The average molecular weight is 369 g/mol. The van der Waals surface area contributed by atoms with Crippen LogP contribution in [0.5, 0.6) is 5.75 Å². The normalized spacial score (nSPS) is 14.8. The number of nitro benzene ring substituents is 1. The summed E-state index contributed by atoms with van der Waals surface area (Å²) >= 11 is 0. The van der Waals surface area contributed by atoms with Gasteiger partial charge in [0, 0.05) is 44.9 Å². The minimum atomic E-state index is -0.381. The standard InChI is InChI=1S/C20H23N3O4/c1-16-5-7-19(8-6-16)27-15-20(24)22-11-9-21(10-12-22)14-17-3-2-4-18(13-17)23(25)26/h2-8,13H,9-12,14-15H2,1H3. The number of carbonyl (C=O) groups is 1. The van der Waals surface area contributed by atoms with Crippen molar-refractivity contribution < 1.29 is 14.5 Å². The molecule has 0 aliphatic carbocycles. The van der Waals surface area contributed by atoms with Crippen molar-refractivity contribution in [2.45, 2.75) is 13.5 Å². The Labute approximate surface area is 158 Å². The van der Waals surface area contributed by atoms with Gasteiger partial charge in [0.25, 0.3) is 11.6 Å². The van der Waals surface area contributed by atoms with Crippen LogP contribution in [-0.4, -0.2) is 53.4 Å². The molecule has 0 atom stereocenters. The molecule has 7 nitrogen and oxygen atoms in total. The lowest BCUT2D eigenvalue weighted by molar-refractivity contribution is -0.384. The minimum absolute atomic E-state index is 0.0226. The maximum Gasteiger partial charge on any atom is 0.269 e. The van der Waals surface area contributed by atoms with Crippen LogP contribution < -0.4 is 4.74 Å². The van der Waals surface area contributed by atoms with Crippen LogP contribution in [0.1, 0.15) is 11.1 Å². The maximum absolute atomic E-state index is 12.3. The molecule has 0 aromatic heterocycles. The van der Waals surface area contributed by atoms with Crippen LogP contribution in [0.15, 0.2) is 48.5 Å². The van der Waals surface area contributed by atoms with E-state index in [1.54, 1.807) is 17.0 Å². The first-order chi connectivity index (χ1) is 13.0. The fraction of sp³-hybridized carbons (Fsp3) is 0.350. The number of rotatable bonds is 6. The van der Waals surface area contributed by atoms with E-state index in [2.05, 4.69) is 4.90 Å². The molecule has 1 saturated heterocycles. The van der Waals surface area contributed by atoms with E-state index >= 15 is 0 Å². The summed E-state index contributed by atoms with van der Waals surface area (Å²) in [5.74, 6) is 0.670. The number of hydrogen-bond acceptors (Lipinski definition) is 5. The zero-order valence-electron chi connectivity index (χ0n) is 15.3. The van der Waals surface area contributed by atoms with Gasteiger partial charge in [0.15, 0.2) is 6.61 Å². The van der Waals surface area contributed by atoms with Gasteiger partial charge in [-0.1, -0.05) is 29.8 Å². The summed E-state index contributed by atoms with van der Waals surface area (Å²) < 4.78 is 5.57. The van der Waals surface area contributed by atoms with Gasteiger partial charge >= 0.3 is 0 Å². The van der Waals surface area contributed by atoms with Crippen molar-refractivity contribution in [2.24, 2.45) is 0 Å². The van der Waals surface area contributed by atoms with E-state index in [0.717, 1.165) is 24.2 Å². The molecule has 142 valence electrons. The van der Waals surface area contributed by atoms with E-state index in [4.69, 9.17) is 4.74 Å². The summed E-state index contributed by atoms with van der Waals surface area (Å²) in [7, 11) is 0. The van der Waals surface area contributed by atoms with Gasteiger partial charge in [-0.15, -0.1) is 0 Å². The van der Waals surface area contributed by atoms with Gasteiger partial charge in [-0.3, -0.25) is 19.8 Å². The molecule has 1 aliphatic heterocycles. The first-order valence-corrected chi connectivity index (χ1v) is 8.94. The summed E-state index contributed by atoms with van der Waals surface area (Å²) in [6.07, 6.45) is 0. The van der Waals surface area contributed by atoms with Crippen molar-refractivity contribution in [1.82, 2.24) is 9.80 Å². The number of piperazine rings is 1. The van der Waals surface area contributed by atoms with Gasteiger partial charge in [-0.2, -0.15) is 0 Å². The summed E-state index contributed by atoms with van der Waals surface area (Å²) in [6, 6.07) is 14.3. The number of amides is 1. The summed E-state index contributed by atoms with van der Waals surface area (Å²) in [4.78, 5) is 26.8. The zero-order chi connectivity index (χ0) is 19.2. The largest absolute Gasteiger partial charge is 0.484 e. The van der Waals surface area contributed by atoms with Crippen LogP contribution in [0.25, 0.3) is 0 Å². The van der Waals surface area contributed by atoms with Crippen LogP contribution in [0.2, 0.25) is 0 Å². The lowest BCUT2D eigenvalue weighted by Crippen LogP contribution is -2.49. The highest BCUT2D eigenvalue weighted by molar-refractivity contribution is 5.77. The molecular formula is C20H23N3O4. The molecule has 7 heteroatoms. The number of ether oxygens (including phenoxy) is 1. The molecule has 1 amide bonds. The van der Waals surface area contributed by atoms with E-state index in [1.807, 2.05) is 37.3 Å². The Hall–Kier alpha value is -2.93. The van der Waals surface area contributed by atoms with Crippen molar-refractivity contribution in [3.05, 3.63) is 69.8 Å². The molecule has 1 fully saturated rings. The summed E-state index contributed by atoms with van der Waals surface area (Å²) in [6.45, 7) is 5.41. The fourth-order valence-electron chi connectivity index (χ4n) is 3.05. The van der Waals surface area contributed by atoms with Gasteiger partial charge in [0.2, 0.25) is 0 Å². The third kappa shape index (κ3) is 5.27. The number of aryl methyl sites for hydroxylation is 1. The number of carbonyl (C=O) groups excluding carboxylic acids is 1. The highest BCUT2D eigenvalue weighted by Gasteiger charge is 2.21. The molecule has 0 N–H and O–H groups in total. The quantitative estimate of drug-likeness (QED) is 0.578. The van der Waals surface area contributed by atoms with Crippen LogP contribution in [0.3, 0.4) is 0 Å². The molecule has 0 bridgehead atoms. The molecule has 0 radical (unpaired) electrons. The zero-order valence-corrected chi connectivity index (χ0v) is 15.3. The Balaban J connectivity index is 1.45. The maximum atomic E-state index is 12.3. The SMILES string of the molecule is Cc1ccc(OCC(=O)N2CCN(Cc3cccc([N+](=O)[O-])c3)CC2)cc1. The van der Waals surface area contributed by atoms with E-state index in [9.17, 15) is 14.9 Å². The molecule has 0 spiro atoms. The molecule has 2 aromatic rings. The van der Waals surface area contributed by atoms with Gasteiger partial charge in [0.1, 0.15) is 5.75 Å². The fourth-order valence-corrected chi connectivity index (χ4v) is 3.05. The molecule has 27 heavy (non-hydrogen) atoms. The molecule has 2 aromatic carbocycles. The van der Waals surface area contributed by atoms with E-state index < -0.39 is 0 Å². The Bertz CT molecular complexity index is 799. The van der Waals surface area contributed by atoms with E-state index in [-0.39, 0.29) is 23.1 Å². The number of hydrogen-bond donors (Lipinski definition) is 0. The topological polar surface area (TPSA) is 75.9 Å². The molecular weight excluding hydrogens is 346 g/mol. The van der Waals surface area contributed by atoms with Crippen LogP contribution in [-0.2, 0) is 11.3 Å². The van der Waals surface area contributed by atoms with Crippen LogP contribution in [0, 0.1) is 17.0 Å². The lowest BCUT2D eigenvalue weighted by atomic mass is 10.1. The Kier molecular flexibility index (Phi) is 6.03. The van der Waals surface area contributed by atoms with Crippen molar-refractivity contribution in [3.63, 3.8) is 0 Å². The molecule has 0 saturated carbocycles. The second-order valence-electron chi connectivity index (χ2n) is 6.69. The second kappa shape index (κ2) is 8.64. The van der Waals surface area contributed by atoms with Crippen molar-refractivity contribution >= 4 is 11.6 Å². The molecule has 0 unspecified atom stereocenters. The summed E-state index contributed by atoms with van der Waals surface area (Å²) in [5.41, 5.74) is 2.16. The van der Waals surface area contributed by atoms with Gasteiger partial charge in [-0.05, 0) is 24.6 Å². The highest BCUT2D eigenvalue weighted by Crippen LogP contribution is 2.16. The third-order valence-electron chi connectivity index (χ3n) is 4.64. The van der Waals surface area contributed by atoms with Crippen LogP contribution in [0.4, 0.5) is 5.69 Å². The first-order valence-electron chi connectivity index (χ1n) is 8.94. The highest BCUT2D eigenvalue weighted by atomic mass is 16.6. The first kappa shape index (κ1) is 18.8. The van der Waals surface area contributed by atoms with Crippen LogP contribution >= 0.6 is 0 Å². The Morgan fingerprint density at radius 2 is 1.81 bits per heavy atom. The second-order valence-corrected chi connectivity index (χ2v) is 6.69. The Morgan fingerprint density at radius 1 is 1.11 bits per heavy atom. The van der Waals surface area contributed by atoms with E-state index in [1.165, 1.54) is 6.07 Å². The van der Waals surface area contributed by atoms with Crippen molar-refractivity contribution in [1.29, 1.82) is 0 Å². The van der Waals surface area contributed by atoms with Crippen molar-refractivity contribution in [2.75, 3.05) is 32.8 Å². The average Bonchev–Trinajstić information content (AvgIpc) is 2.68. The van der Waals surface area contributed by atoms with E-state index in [0.29, 0.717) is 25.4 Å². The van der Waals surface area contributed by atoms with Crippen molar-refractivity contribution in [3.8, 4) is 5.75 Å². The predicted molar refractivity (Wildman–Crippen MR) is 102 cm³/mol. The number of non-ortho nitro benzene ring substituents is 1. The lowest BCUT2D eigenvalue weighted by Gasteiger charge is -2.34. The van der Waals surface area contributed by atoms with Gasteiger partial charge in [0.05, 0.1) is 4.92 Å². The molecule has 1 aliphatic rings.